The van der Waals surface area contributed by atoms with Crippen molar-refractivity contribution in [2.24, 2.45) is 5.73 Å². The zero-order valence-corrected chi connectivity index (χ0v) is 14.9. The lowest BCUT2D eigenvalue weighted by Gasteiger charge is -2.38. The number of aliphatic hydroxyl groups is 1. The number of ether oxygens (including phenoxy) is 1. The molecular formula is C18H27N3O4. The largest absolute Gasteiger partial charge is 0.497 e. The molecule has 0 radical (unpaired) electrons. The number of piperidine rings is 1. The van der Waals surface area contributed by atoms with Crippen molar-refractivity contribution in [2.45, 2.75) is 31.4 Å². The van der Waals surface area contributed by atoms with Crippen LogP contribution in [0.4, 0.5) is 0 Å². The van der Waals surface area contributed by atoms with Gasteiger partial charge in [0.25, 0.3) is 0 Å². The Balaban J connectivity index is 1.90. The molecule has 0 aliphatic carbocycles. The number of hydrogen-bond acceptors (Lipinski definition) is 5. The molecule has 138 valence electrons. The van der Waals surface area contributed by atoms with E-state index in [1.165, 1.54) is 0 Å². The van der Waals surface area contributed by atoms with E-state index >= 15 is 0 Å². The number of nitrogens with zero attached hydrogens (tertiary/aromatic N) is 2. The Kier molecular flexibility index (Phi) is 6.39. The summed E-state index contributed by atoms with van der Waals surface area (Å²) in [7, 11) is 3.36. The van der Waals surface area contributed by atoms with Crippen molar-refractivity contribution in [1.29, 1.82) is 0 Å². The number of carbonyl (C=O) groups is 2. The van der Waals surface area contributed by atoms with Crippen LogP contribution in [-0.4, -0.2) is 66.1 Å². The molecule has 1 fully saturated rings. The number of rotatable bonds is 7. The summed E-state index contributed by atoms with van der Waals surface area (Å²) < 4.78 is 5.20. The molecule has 1 aliphatic heterocycles. The number of nitrogens with two attached hydrogens (primary N) is 1. The fourth-order valence-electron chi connectivity index (χ4n) is 3.25. The summed E-state index contributed by atoms with van der Waals surface area (Å²) in [6, 6.07) is 7.59. The second-order valence-electron chi connectivity index (χ2n) is 6.78. The third-order valence-electron chi connectivity index (χ3n) is 4.48. The van der Waals surface area contributed by atoms with Crippen molar-refractivity contribution in [3.05, 3.63) is 29.8 Å². The summed E-state index contributed by atoms with van der Waals surface area (Å²) in [6.07, 6.45) is 1.19. The molecule has 1 heterocycles. The second-order valence-corrected chi connectivity index (χ2v) is 6.78. The van der Waals surface area contributed by atoms with E-state index in [-0.39, 0.29) is 25.4 Å². The zero-order chi connectivity index (χ0) is 18.4. The fourth-order valence-corrected chi connectivity index (χ4v) is 3.25. The maximum atomic E-state index is 12.5. The maximum absolute atomic E-state index is 12.5. The lowest BCUT2D eigenvalue weighted by molar-refractivity contribution is -0.134. The number of amides is 2. The Morgan fingerprint density at radius 1 is 1.44 bits per heavy atom. The number of benzene rings is 1. The van der Waals surface area contributed by atoms with Gasteiger partial charge >= 0.3 is 0 Å². The SMILES string of the molecule is COc1cccc(CN(C)C(=O)CN2CCCC(O)(CC(N)=O)C2)c1. The number of β-amino-alcohol motifs (C(OH)–C–C–N with tert-alkyl or cyclic N) is 1. The van der Waals surface area contributed by atoms with Crippen LogP contribution < -0.4 is 10.5 Å². The van der Waals surface area contributed by atoms with E-state index in [4.69, 9.17) is 10.5 Å². The molecular weight excluding hydrogens is 322 g/mol. The molecule has 0 aromatic heterocycles. The van der Waals surface area contributed by atoms with Gasteiger partial charge in [-0.3, -0.25) is 14.5 Å². The lowest BCUT2D eigenvalue weighted by Crippen LogP contribution is -2.52. The Bertz CT molecular complexity index is 622. The Morgan fingerprint density at radius 2 is 2.20 bits per heavy atom. The van der Waals surface area contributed by atoms with Crippen LogP contribution in [0.2, 0.25) is 0 Å². The third-order valence-corrected chi connectivity index (χ3v) is 4.48. The smallest absolute Gasteiger partial charge is 0.236 e. The molecule has 3 N–H and O–H groups in total. The van der Waals surface area contributed by atoms with Crippen LogP contribution >= 0.6 is 0 Å². The first-order valence-electron chi connectivity index (χ1n) is 8.41. The van der Waals surface area contributed by atoms with Gasteiger partial charge < -0.3 is 20.5 Å². The van der Waals surface area contributed by atoms with Gasteiger partial charge in [0.1, 0.15) is 5.75 Å². The first kappa shape index (κ1) is 19.2. The van der Waals surface area contributed by atoms with Crippen LogP contribution in [0.25, 0.3) is 0 Å². The number of carbonyl (C=O) groups excluding carboxylic acids is 2. The van der Waals surface area contributed by atoms with Gasteiger partial charge in [-0.05, 0) is 37.1 Å². The highest BCUT2D eigenvalue weighted by molar-refractivity contribution is 5.78. The van der Waals surface area contributed by atoms with Gasteiger partial charge in [-0.1, -0.05) is 12.1 Å². The van der Waals surface area contributed by atoms with Gasteiger partial charge in [0, 0.05) is 20.1 Å². The predicted molar refractivity (Wildman–Crippen MR) is 93.9 cm³/mol. The topological polar surface area (TPSA) is 96.1 Å². The predicted octanol–water partition coefficient (Wildman–Crippen LogP) is 0.356. The minimum absolute atomic E-state index is 0.0360. The van der Waals surface area contributed by atoms with Gasteiger partial charge in [0.15, 0.2) is 0 Å². The van der Waals surface area contributed by atoms with Gasteiger partial charge in [0.2, 0.25) is 11.8 Å². The standard InChI is InChI=1S/C18H27N3O4/c1-20(11-14-5-3-6-15(9-14)25-2)17(23)12-21-8-4-7-18(24,13-21)10-16(19)22/h3,5-6,9,24H,4,7-8,10-13H2,1-2H3,(H2,19,22). The van der Waals surface area contributed by atoms with E-state index in [2.05, 4.69) is 0 Å². The molecule has 2 amide bonds. The molecule has 1 aliphatic rings. The summed E-state index contributed by atoms with van der Waals surface area (Å²) >= 11 is 0. The second kappa shape index (κ2) is 8.31. The third kappa shape index (κ3) is 5.72. The maximum Gasteiger partial charge on any atom is 0.236 e. The van der Waals surface area contributed by atoms with Gasteiger partial charge in [-0.15, -0.1) is 0 Å². The van der Waals surface area contributed by atoms with Gasteiger partial charge in [-0.2, -0.15) is 0 Å². The number of hydrogen-bond donors (Lipinski definition) is 2. The lowest BCUT2D eigenvalue weighted by atomic mass is 9.89. The monoisotopic (exact) mass is 349 g/mol. The first-order valence-corrected chi connectivity index (χ1v) is 8.41. The quantitative estimate of drug-likeness (QED) is 0.741. The minimum Gasteiger partial charge on any atom is -0.497 e. The summed E-state index contributed by atoms with van der Waals surface area (Å²) in [5.74, 6) is 0.197. The zero-order valence-electron chi connectivity index (χ0n) is 14.9. The number of likely N-dealkylation sites (tertiary alicyclic amines) is 1. The Morgan fingerprint density at radius 3 is 2.88 bits per heavy atom. The highest BCUT2D eigenvalue weighted by Crippen LogP contribution is 2.24. The molecule has 25 heavy (non-hydrogen) atoms. The number of primary amides is 1. The summed E-state index contributed by atoms with van der Waals surface area (Å²) in [4.78, 5) is 27.1. The molecule has 1 aromatic rings. The van der Waals surface area contributed by atoms with Crippen molar-refractivity contribution >= 4 is 11.8 Å². The molecule has 1 saturated heterocycles. The first-order chi connectivity index (χ1) is 11.8. The number of likely N-dealkylation sites (N-methyl/N-ethyl adjacent to an activating group) is 1. The van der Waals surface area contributed by atoms with Crippen molar-refractivity contribution in [2.75, 3.05) is 33.8 Å². The van der Waals surface area contributed by atoms with Crippen LogP contribution in [0.5, 0.6) is 5.75 Å². The van der Waals surface area contributed by atoms with E-state index in [1.54, 1.807) is 19.1 Å². The van der Waals surface area contributed by atoms with E-state index in [0.717, 1.165) is 24.3 Å². The molecule has 1 unspecified atom stereocenters. The Labute approximate surface area is 148 Å². The molecule has 1 atom stereocenters. The highest BCUT2D eigenvalue weighted by Gasteiger charge is 2.35. The van der Waals surface area contributed by atoms with Crippen molar-refractivity contribution in [3.8, 4) is 5.75 Å². The molecule has 0 spiro atoms. The number of methoxy groups -OCH3 is 1. The molecule has 7 nitrogen and oxygen atoms in total. The normalized spacial score (nSPS) is 20.9. The highest BCUT2D eigenvalue weighted by atomic mass is 16.5. The molecule has 7 heteroatoms. The van der Waals surface area contributed by atoms with E-state index in [1.807, 2.05) is 29.2 Å². The van der Waals surface area contributed by atoms with Crippen LogP contribution in [-0.2, 0) is 16.1 Å². The molecule has 1 aromatic carbocycles. The van der Waals surface area contributed by atoms with Crippen LogP contribution in [0.1, 0.15) is 24.8 Å². The van der Waals surface area contributed by atoms with Crippen LogP contribution in [0.3, 0.4) is 0 Å². The van der Waals surface area contributed by atoms with Crippen molar-refractivity contribution in [1.82, 2.24) is 9.80 Å². The van der Waals surface area contributed by atoms with Crippen LogP contribution in [0, 0.1) is 0 Å². The van der Waals surface area contributed by atoms with Gasteiger partial charge in [0.05, 0.1) is 25.7 Å². The molecule has 0 saturated carbocycles. The van der Waals surface area contributed by atoms with E-state index in [9.17, 15) is 14.7 Å². The summed E-state index contributed by atoms with van der Waals surface area (Å²) in [5.41, 5.74) is 5.07. The van der Waals surface area contributed by atoms with E-state index < -0.39 is 11.5 Å². The summed E-state index contributed by atoms with van der Waals surface area (Å²) in [6.45, 7) is 1.70. The van der Waals surface area contributed by atoms with Crippen molar-refractivity contribution in [3.63, 3.8) is 0 Å². The van der Waals surface area contributed by atoms with Crippen molar-refractivity contribution < 1.29 is 19.4 Å². The fraction of sp³-hybridized carbons (Fsp3) is 0.556. The Hall–Kier alpha value is -2.12. The molecule has 0 bridgehead atoms. The average Bonchev–Trinajstić information content (AvgIpc) is 2.53. The molecule has 2 rings (SSSR count). The van der Waals surface area contributed by atoms with E-state index in [0.29, 0.717) is 13.0 Å². The average molecular weight is 349 g/mol. The van der Waals surface area contributed by atoms with Crippen LogP contribution in [0.15, 0.2) is 24.3 Å². The van der Waals surface area contributed by atoms with Gasteiger partial charge in [-0.25, -0.2) is 0 Å². The summed E-state index contributed by atoms with van der Waals surface area (Å²) in [5, 5.41) is 10.5. The minimum atomic E-state index is -1.13.